The molecule has 0 aliphatic carbocycles. The fraction of sp³-hybridized carbons (Fsp3) is 1.00. The topological polar surface area (TPSA) is 15.3 Å². The Kier molecular flexibility index (Phi) is 7.53. The number of likely N-dealkylation sites (tertiary alicyclic amines) is 1. The summed E-state index contributed by atoms with van der Waals surface area (Å²) in [6.07, 6.45) is 8.17. The van der Waals surface area contributed by atoms with Crippen molar-refractivity contribution in [2.24, 2.45) is 10.8 Å². The lowest BCUT2D eigenvalue weighted by Crippen LogP contribution is -2.47. The first-order valence-corrected chi connectivity index (χ1v) is 8.96. The van der Waals surface area contributed by atoms with E-state index in [1.165, 1.54) is 64.7 Å². The highest BCUT2D eigenvalue weighted by atomic mass is 15.1. The highest BCUT2D eigenvalue weighted by Gasteiger charge is 2.34. The molecule has 0 aromatic heterocycles. The largest absolute Gasteiger partial charge is 0.316 e. The fourth-order valence-electron chi connectivity index (χ4n) is 3.94. The molecule has 1 saturated heterocycles. The van der Waals surface area contributed by atoms with Gasteiger partial charge in [-0.25, -0.2) is 0 Å². The number of nitrogens with one attached hydrogen (secondary N) is 1. The number of piperidine rings is 1. The molecule has 0 aromatic rings. The van der Waals surface area contributed by atoms with Crippen LogP contribution in [0.25, 0.3) is 0 Å². The predicted molar refractivity (Wildman–Crippen MR) is 90.2 cm³/mol. The Morgan fingerprint density at radius 3 is 2.10 bits per heavy atom. The lowest BCUT2D eigenvalue weighted by Gasteiger charge is -2.44. The molecule has 2 heteroatoms. The Morgan fingerprint density at radius 2 is 1.65 bits per heavy atom. The van der Waals surface area contributed by atoms with E-state index in [2.05, 4.69) is 44.8 Å². The summed E-state index contributed by atoms with van der Waals surface area (Å²) in [4.78, 5) is 2.73. The molecule has 1 heterocycles. The van der Waals surface area contributed by atoms with Crippen molar-refractivity contribution in [3.8, 4) is 0 Å². The van der Waals surface area contributed by atoms with Crippen LogP contribution in [0.1, 0.15) is 73.1 Å². The van der Waals surface area contributed by atoms with Gasteiger partial charge in [0.2, 0.25) is 0 Å². The highest BCUT2D eigenvalue weighted by molar-refractivity contribution is 4.87. The molecular weight excluding hydrogens is 244 g/mol. The van der Waals surface area contributed by atoms with Gasteiger partial charge < -0.3 is 10.2 Å². The minimum Gasteiger partial charge on any atom is -0.316 e. The van der Waals surface area contributed by atoms with Crippen LogP contribution >= 0.6 is 0 Å². The van der Waals surface area contributed by atoms with Crippen molar-refractivity contribution >= 4 is 0 Å². The molecule has 2 nitrogen and oxygen atoms in total. The van der Waals surface area contributed by atoms with E-state index in [4.69, 9.17) is 0 Å². The Bertz CT molecular complexity index is 250. The van der Waals surface area contributed by atoms with Crippen molar-refractivity contribution in [3.63, 3.8) is 0 Å². The first-order valence-electron chi connectivity index (χ1n) is 8.96. The third kappa shape index (κ3) is 5.04. The van der Waals surface area contributed by atoms with Gasteiger partial charge in [-0.05, 0) is 49.7 Å². The summed E-state index contributed by atoms with van der Waals surface area (Å²) in [5, 5.41) is 3.58. The third-order valence-electron chi connectivity index (χ3n) is 5.68. The van der Waals surface area contributed by atoms with Crippen molar-refractivity contribution in [1.29, 1.82) is 0 Å². The number of nitrogens with zero attached hydrogens (tertiary/aromatic N) is 1. The van der Waals surface area contributed by atoms with Gasteiger partial charge in [0, 0.05) is 13.1 Å². The van der Waals surface area contributed by atoms with Crippen molar-refractivity contribution in [3.05, 3.63) is 0 Å². The fourth-order valence-corrected chi connectivity index (χ4v) is 3.94. The summed E-state index contributed by atoms with van der Waals surface area (Å²) in [6, 6.07) is 0. The van der Waals surface area contributed by atoms with Crippen LogP contribution in [0.3, 0.4) is 0 Å². The zero-order valence-corrected chi connectivity index (χ0v) is 14.7. The quantitative estimate of drug-likeness (QED) is 0.678. The summed E-state index contributed by atoms with van der Waals surface area (Å²) in [5.41, 5.74) is 1.10. The van der Waals surface area contributed by atoms with Crippen molar-refractivity contribution in [2.75, 3.05) is 32.7 Å². The summed E-state index contributed by atoms with van der Waals surface area (Å²) < 4.78 is 0. The second-order valence-corrected chi connectivity index (χ2v) is 7.32. The number of hydrogen-bond donors (Lipinski definition) is 1. The first kappa shape index (κ1) is 18.0. The second kappa shape index (κ2) is 8.38. The van der Waals surface area contributed by atoms with Crippen LogP contribution in [-0.2, 0) is 0 Å². The maximum Gasteiger partial charge on any atom is 0.00475 e. The van der Waals surface area contributed by atoms with Crippen molar-refractivity contribution < 1.29 is 0 Å². The van der Waals surface area contributed by atoms with Gasteiger partial charge in [-0.2, -0.15) is 0 Å². The van der Waals surface area contributed by atoms with Crippen molar-refractivity contribution in [1.82, 2.24) is 10.2 Å². The van der Waals surface area contributed by atoms with E-state index in [9.17, 15) is 0 Å². The molecule has 0 saturated carbocycles. The summed E-state index contributed by atoms with van der Waals surface area (Å²) in [5.74, 6) is 0. The number of hydrogen-bond acceptors (Lipinski definition) is 2. The summed E-state index contributed by atoms with van der Waals surface area (Å²) >= 11 is 0. The van der Waals surface area contributed by atoms with E-state index < -0.39 is 0 Å². The molecule has 0 amide bonds. The van der Waals surface area contributed by atoms with Crippen LogP contribution in [0.15, 0.2) is 0 Å². The predicted octanol–water partition coefficient (Wildman–Crippen LogP) is 4.30. The van der Waals surface area contributed by atoms with Crippen molar-refractivity contribution in [2.45, 2.75) is 73.1 Å². The highest BCUT2D eigenvalue weighted by Crippen LogP contribution is 2.38. The Hall–Kier alpha value is -0.0800. The molecule has 1 unspecified atom stereocenters. The lowest BCUT2D eigenvalue weighted by atomic mass is 9.73. The zero-order valence-electron chi connectivity index (χ0n) is 14.7. The van der Waals surface area contributed by atoms with Gasteiger partial charge in [-0.3, -0.25) is 0 Å². The van der Waals surface area contributed by atoms with E-state index in [-0.39, 0.29) is 0 Å². The van der Waals surface area contributed by atoms with Gasteiger partial charge >= 0.3 is 0 Å². The van der Waals surface area contributed by atoms with E-state index in [0.29, 0.717) is 10.8 Å². The van der Waals surface area contributed by atoms with E-state index in [1.807, 2.05) is 0 Å². The molecule has 120 valence electrons. The SMILES string of the molecule is CCCC(C)(CNCC)CN1CCC(CC)(CC)CC1. The first-order chi connectivity index (χ1) is 9.53. The molecule has 1 aliphatic heterocycles. The molecular formula is C18H38N2. The molecule has 1 rings (SSSR count). The normalized spacial score (nSPS) is 22.6. The Morgan fingerprint density at radius 1 is 1.05 bits per heavy atom. The van der Waals surface area contributed by atoms with Crippen LogP contribution in [-0.4, -0.2) is 37.6 Å². The van der Waals surface area contributed by atoms with E-state index in [1.54, 1.807) is 0 Å². The van der Waals surface area contributed by atoms with Gasteiger partial charge in [0.05, 0.1) is 0 Å². The number of rotatable bonds is 9. The van der Waals surface area contributed by atoms with Gasteiger partial charge in [-0.1, -0.05) is 53.9 Å². The van der Waals surface area contributed by atoms with Gasteiger partial charge in [0.1, 0.15) is 0 Å². The zero-order chi connectivity index (χ0) is 15.1. The minimum atomic E-state index is 0.448. The van der Waals surface area contributed by atoms with Crippen LogP contribution in [0, 0.1) is 10.8 Å². The second-order valence-electron chi connectivity index (χ2n) is 7.32. The maximum atomic E-state index is 3.58. The standard InChI is InChI=1S/C18H38N2/c1-6-10-17(5,15-19-9-4)16-20-13-11-18(7-2,8-3)12-14-20/h19H,6-16H2,1-5H3. The third-order valence-corrected chi connectivity index (χ3v) is 5.68. The molecule has 1 aliphatic rings. The van der Waals surface area contributed by atoms with Gasteiger partial charge in [0.15, 0.2) is 0 Å². The molecule has 20 heavy (non-hydrogen) atoms. The molecule has 1 atom stereocenters. The van der Waals surface area contributed by atoms with Gasteiger partial charge in [0.25, 0.3) is 0 Å². The van der Waals surface area contributed by atoms with Crippen LogP contribution < -0.4 is 5.32 Å². The Labute approximate surface area is 127 Å². The average molecular weight is 283 g/mol. The molecule has 1 fully saturated rings. The summed E-state index contributed by atoms with van der Waals surface area (Å²) in [6.45, 7) is 17.9. The molecule has 0 bridgehead atoms. The van der Waals surface area contributed by atoms with E-state index >= 15 is 0 Å². The molecule has 1 N–H and O–H groups in total. The van der Waals surface area contributed by atoms with E-state index in [0.717, 1.165) is 6.54 Å². The molecule has 0 spiro atoms. The lowest BCUT2D eigenvalue weighted by molar-refractivity contribution is 0.0614. The summed E-state index contributed by atoms with van der Waals surface area (Å²) in [7, 11) is 0. The monoisotopic (exact) mass is 282 g/mol. The smallest absolute Gasteiger partial charge is 0.00475 e. The molecule has 0 radical (unpaired) electrons. The van der Waals surface area contributed by atoms with Crippen LogP contribution in [0.4, 0.5) is 0 Å². The Balaban J connectivity index is 2.50. The minimum absolute atomic E-state index is 0.448. The van der Waals surface area contributed by atoms with Gasteiger partial charge in [-0.15, -0.1) is 0 Å². The molecule has 0 aromatic carbocycles. The van der Waals surface area contributed by atoms with Crippen LogP contribution in [0.2, 0.25) is 0 Å². The maximum absolute atomic E-state index is 3.58. The van der Waals surface area contributed by atoms with Crippen LogP contribution in [0.5, 0.6) is 0 Å². The average Bonchev–Trinajstić information content (AvgIpc) is 2.47.